The van der Waals surface area contributed by atoms with Gasteiger partial charge in [-0.3, -0.25) is 4.79 Å². The van der Waals surface area contributed by atoms with Crippen molar-refractivity contribution in [2.75, 3.05) is 6.61 Å². The van der Waals surface area contributed by atoms with E-state index >= 15 is 0 Å². The molecular weight excluding hydrogens is 176 g/mol. The fourth-order valence-electron chi connectivity index (χ4n) is 2.08. The van der Waals surface area contributed by atoms with Gasteiger partial charge in [0.1, 0.15) is 0 Å². The summed E-state index contributed by atoms with van der Waals surface area (Å²) in [5.74, 6) is 0.855. The maximum absolute atomic E-state index is 11.4. The topological polar surface area (TPSA) is 26.3 Å². The van der Waals surface area contributed by atoms with Crippen LogP contribution in [0.2, 0.25) is 0 Å². The third-order valence-corrected chi connectivity index (χ3v) is 2.86. The van der Waals surface area contributed by atoms with Crippen LogP contribution in [0.1, 0.15) is 39.5 Å². The van der Waals surface area contributed by atoms with E-state index in [-0.39, 0.29) is 11.9 Å². The van der Waals surface area contributed by atoms with Crippen LogP contribution in [-0.4, -0.2) is 12.6 Å². The Morgan fingerprint density at radius 3 is 2.50 bits per heavy atom. The lowest BCUT2D eigenvalue weighted by atomic mass is 9.82. The molecule has 0 amide bonds. The lowest BCUT2D eigenvalue weighted by molar-refractivity contribution is -0.149. The lowest BCUT2D eigenvalue weighted by Crippen LogP contribution is -2.23. The van der Waals surface area contributed by atoms with Crippen molar-refractivity contribution >= 4 is 5.97 Å². The molecule has 1 saturated carbocycles. The molecule has 0 aromatic carbocycles. The summed E-state index contributed by atoms with van der Waals surface area (Å²) in [6.45, 7) is 4.43. The SMILES string of the molecule is C/C=C\C1CCC(C(=O)OCC)CC1. The molecule has 0 saturated heterocycles. The minimum Gasteiger partial charge on any atom is -0.466 e. The fourth-order valence-corrected chi connectivity index (χ4v) is 2.08. The van der Waals surface area contributed by atoms with Crippen LogP contribution in [0.3, 0.4) is 0 Å². The molecular formula is C12H20O2. The van der Waals surface area contributed by atoms with E-state index in [9.17, 15) is 4.79 Å². The summed E-state index contributed by atoms with van der Waals surface area (Å²) in [6.07, 6.45) is 8.61. The summed E-state index contributed by atoms with van der Waals surface area (Å²) >= 11 is 0. The zero-order valence-corrected chi connectivity index (χ0v) is 9.16. The minimum atomic E-state index is 0.00595. The average molecular weight is 196 g/mol. The zero-order valence-electron chi connectivity index (χ0n) is 9.16. The van der Waals surface area contributed by atoms with Crippen molar-refractivity contribution in [2.24, 2.45) is 11.8 Å². The van der Waals surface area contributed by atoms with Gasteiger partial charge in [0.2, 0.25) is 0 Å². The Balaban J connectivity index is 2.31. The highest BCUT2D eigenvalue weighted by molar-refractivity contribution is 5.72. The van der Waals surface area contributed by atoms with E-state index in [1.165, 1.54) is 0 Å². The number of hydrogen-bond donors (Lipinski definition) is 0. The summed E-state index contributed by atoms with van der Waals surface area (Å²) in [5, 5.41) is 0. The third-order valence-electron chi connectivity index (χ3n) is 2.86. The highest BCUT2D eigenvalue weighted by atomic mass is 16.5. The molecule has 0 radical (unpaired) electrons. The van der Waals surface area contributed by atoms with Gasteiger partial charge >= 0.3 is 5.97 Å². The van der Waals surface area contributed by atoms with Gasteiger partial charge in [-0.1, -0.05) is 12.2 Å². The molecule has 0 unspecified atom stereocenters. The van der Waals surface area contributed by atoms with Crippen molar-refractivity contribution in [2.45, 2.75) is 39.5 Å². The van der Waals surface area contributed by atoms with Crippen LogP contribution in [0.5, 0.6) is 0 Å². The number of carbonyl (C=O) groups is 1. The Bertz CT molecular complexity index is 200. The van der Waals surface area contributed by atoms with Gasteiger partial charge in [-0.05, 0) is 45.4 Å². The minimum absolute atomic E-state index is 0.00595. The van der Waals surface area contributed by atoms with Crippen LogP contribution in [0.4, 0.5) is 0 Å². The highest BCUT2D eigenvalue weighted by Gasteiger charge is 2.25. The molecule has 2 nitrogen and oxygen atoms in total. The molecule has 0 aromatic rings. The van der Waals surface area contributed by atoms with Crippen LogP contribution in [0, 0.1) is 11.8 Å². The number of hydrogen-bond acceptors (Lipinski definition) is 2. The van der Waals surface area contributed by atoms with Crippen LogP contribution >= 0.6 is 0 Å². The first kappa shape index (κ1) is 11.3. The second-order valence-corrected chi connectivity index (χ2v) is 3.89. The van der Waals surface area contributed by atoms with Crippen molar-refractivity contribution < 1.29 is 9.53 Å². The lowest BCUT2D eigenvalue weighted by Gasteiger charge is -2.24. The molecule has 0 bridgehead atoms. The fraction of sp³-hybridized carbons (Fsp3) is 0.750. The normalized spacial score (nSPS) is 27.9. The second kappa shape index (κ2) is 5.84. The quantitative estimate of drug-likeness (QED) is 0.512. The molecule has 1 rings (SSSR count). The van der Waals surface area contributed by atoms with E-state index in [0.717, 1.165) is 25.7 Å². The van der Waals surface area contributed by atoms with E-state index < -0.39 is 0 Å². The molecule has 0 aliphatic heterocycles. The van der Waals surface area contributed by atoms with E-state index in [4.69, 9.17) is 4.74 Å². The smallest absolute Gasteiger partial charge is 0.308 e. The van der Waals surface area contributed by atoms with Gasteiger partial charge in [0, 0.05) is 0 Å². The Labute approximate surface area is 86.3 Å². The standard InChI is InChI=1S/C12H20O2/c1-3-5-10-6-8-11(9-7-10)12(13)14-4-2/h3,5,10-11H,4,6-9H2,1-2H3/b5-3-. The van der Waals surface area contributed by atoms with Gasteiger partial charge < -0.3 is 4.74 Å². The van der Waals surface area contributed by atoms with Gasteiger partial charge in [0.25, 0.3) is 0 Å². The average Bonchev–Trinajstić information content (AvgIpc) is 2.20. The molecule has 80 valence electrons. The molecule has 2 heteroatoms. The van der Waals surface area contributed by atoms with Crippen molar-refractivity contribution in [1.29, 1.82) is 0 Å². The van der Waals surface area contributed by atoms with E-state index in [1.807, 2.05) is 6.92 Å². The molecule has 1 fully saturated rings. The molecule has 1 aliphatic carbocycles. The zero-order chi connectivity index (χ0) is 10.4. The Morgan fingerprint density at radius 2 is 2.00 bits per heavy atom. The number of allylic oxidation sites excluding steroid dienone is 2. The molecule has 0 N–H and O–H groups in total. The van der Waals surface area contributed by atoms with E-state index in [1.54, 1.807) is 0 Å². The van der Waals surface area contributed by atoms with Crippen LogP contribution in [0.15, 0.2) is 12.2 Å². The maximum Gasteiger partial charge on any atom is 0.308 e. The van der Waals surface area contributed by atoms with Gasteiger partial charge in [-0.2, -0.15) is 0 Å². The molecule has 14 heavy (non-hydrogen) atoms. The second-order valence-electron chi connectivity index (χ2n) is 3.89. The van der Waals surface area contributed by atoms with Gasteiger partial charge in [0.05, 0.1) is 12.5 Å². The first-order chi connectivity index (χ1) is 6.77. The predicted octanol–water partition coefficient (Wildman–Crippen LogP) is 2.93. The molecule has 0 aromatic heterocycles. The van der Waals surface area contributed by atoms with Crippen LogP contribution in [-0.2, 0) is 9.53 Å². The number of esters is 1. The Kier molecular flexibility index (Phi) is 4.71. The predicted molar refractivity (Wildman–Crippen MR) is 56.9 cm³/mol. The molecule has 0 atom stereocenters. The van der Waals surface area contributed by atoms with Crippen LogP contribution < -0.4 is 0 Å². The number of rotatable bonds is 3. The van der Waals surface area contributed by atoms with Crippen molar-refractivity contribution in [3.8, 4) is 0 Å². The first-order valence-electron chi connectivity index (χ1n) is 5.57. The van der Waals surface area contributed by atoms with Crippen LogP contribution in [0.25, 0.3) is 0 Å². The van der Waals surface area contributed by atoms with E-state index in [2.05, 4.69) is 19.1 Å². The summed E-state index contributed by atoms with van der Waals surface area (Å²) in [7, 11) is 0. The van der Waals surface area contributed by atoms with Gasteiger partial charge in [0.15, 0.2) is 0 Å². The van der Waals surface area contributed by atoms with Crippen molar-refractivity contribution in [3.05, 3.63) is 12.2 Å². The maximum atomic E-state index is 11.4. The van der Waals surface area contributed by atoms with Gasteiger partial charge in [-0.15, -0.1) is 0 Å². The summed E-state index contributed by atoms with van der Waals surface area (Å²) in [6, 6.07) is 0. The summed E-state index contributed by atoms with van der Waals surface area (Å²) < 4.78 is 5.02. The summed E-state index contributed by atoms with van der Waals surface area (Å²) in [4.78, 5) is 11.4. The third kappa shape index (κ3) is 3.17. The highest BCUT2D eigenvalue weighted by Crippen LogP contribution is 2.30. The van der Waals surface area contributed by atoms with E-state index in [0.29, 0.717) is 12.5 Å². The van der Waals surface area contributed by atoms with Crippen molar-refractivity contribution in [1.82, 2.24) is 0 Å². The molecule has 1 aliphatic rings. The molecule has 0 spiro atoms. The first-order valence-corrected chi connectivity index (χ1v) is 5.57. The van der Waals surface area contributed by atoms with Gasteiger partial charge in [-0.25, -0.2) is 0 Å². The Morgan fingerprint density at radius 1 is 1.36 bits per heavy atom. The molecule has 0 heterocycles. The largest absolute Gasteiger partial charge is 0.466 e. The summed E-state index contributed by atoms with van der Waals surface area (Å²) in [5.41, 5.74) is 0. The monoisotopic (exact) mass is 196 g/mol. The number of ether oxygens (including phenoxy) is 1. The Hall–Kier alpha value is -0.790. The number of carbonyl (C=O) groups excluding carboxylic acids is 1. The van der Waals surface area contributed by atoms with Crippen molar-refractivity contribution in [3.63, 3.8) is 0 Å².